The Morgan fingerprint density at radius 3 is 2.02 bits per heavy atom. The highest BCUT2D eigenvalue weighted by atomic mass is 32.2. The lowest BCUT2D eigenvalue weighted by molar-refractivity contribution is -0.122. The van der Waals surface area contributed by atoms with Crippen molar-refractivity contribution in [3.8, 4) is 0 Å². The molecular formula is C42H64N10O10S. The standard InChI is InChI=1S/C42H64N10O10S/c1-29-23-30(2)25-31(24-29)48-36-26-32(41-47-27-34(40(43)55)52(41)51-36)44-8-9-45-38(54)7-11-57-13-15-59-17-19-61-21-22-62-20-18-60-16-14-58-12-10-46-37(53)6-4-3-5-35-39-33(28-63-35)49-42(56)50-39/h23-27,33,35,39,44H,3-22,28H2,1-2H3,(H2,43,55)(H,45,54)(H,46,53)(H,48,51)(H2,49,50,56)/t33-,35-,39-/m0/s1. The molecule has 5 amide bonds. The number of fused-ring (bicyclic) bond motifs is 2. The number of imidazole rings is 1. The van der Waals surface area contributed by atoms with E-state index in [1.165, 1.54) is 10.7 Å². The summed E-state index contributed by atoms with van der Waals surface area (Å²) in [4.78, 5) is 52.3. The number of thioether (sulfide) groups is 1. The summed E-state index contributed by atoms with van der Waals surface area (Å²) in [6, 6.07) is 8.24. The number of carbonyl (C=O) groups excluding carboxylic acids is 4. The Morgan fingerprint density at radius 2 is 1.37 bits per heavy atom. The molecule has 0 radical (unpaired) electrons. The molecule has 8 N–H and O–H groups in total. The largest absolute Gasteiger partial charge is 0.380 e. The monoisotopic (exact) mass is 900 g/mol. The van der Waals surface area contributed by atoms with Crippen molar-refractivity contribution in [2.75, 3.05) is 115 Å². The molecule has 2 fully saturated rings. The number of hydrogen-bond acceptors (Lipinski definition) is 15. The number of nitrogens with two attached hydrogens (primary N) is 1. The van der Waals surface area contributed by atoms with Crippen molar-refractivity contribution in [1.82, 2.24) is 35.9 Å². The van der Waals surface area contributed by atoms with Gasteiger partial charge in [-0.25, -0.2) is 14.3 Å². The second-order valence-corrected chi connectivity index (χ2v) is 16.4. The third-order valence-electron chi connectivity index (χ3n) is 9.96. The Balaban J connectivity index is 0.760. The highest BCUT2D eigenvalue weighted by Crippen LogP contribution is 2.33. The van der Waals surface area contributed by atoms with Crippen LogP contribution in [0.4, 0.5) is 22.0 Å². The summed E-state index contributed by atoms with van der Waals surface area (Å²) in [5, 5.41) is 23.2. The summed E-state index contributed by atoms with van der Waals surface area (Å²) in [7, 11) is 0. The maximum atomic E-state index is 12.3. The lowest BCUT2D eigenvalue weighted by atomic mass is 10.0. The Hall–Kier alpha value is -4.77. The van der Waals surface area contributed by atoms with Gasteiger partial charge in [-0.05, 0) is 49.9 Å². The summed E-state index contributed by atoms with van der Waals surface area (Å²) >= 11 is 1.89. The van der Waals surface area contributed by atoms with Crippen LogP contribution in [-0.4, -0.2) is 160 Å². The molecule has 4 heterocycles. The third-order valence-corrected chi connectivity index (χ3v) is 11.5. The average Bonchev–Trinajstić information content (AvgIpc) is 3.95. The summed E-state index contributed by atoms with van der Waals surface area (Å²) in [6.07, 6.45) is 4.88. The Kier molecular flexibility index (Phi) is 21.4. The smallest absolute Gasteiger partial charge is 0.315 e. The first-order valence-corrected chi connectivity index (χ1v) is 22.7. The van der Waals surface area contributed by atoms with Crippen molar-refractivity contribution < 1.29 is 47.6 Å². The van der Waals surface area contributed by atoms with Gasteiger partial charge in [0.05, 0.1) is 103 Å². The van der Waals surface area contributed by atoms with Gasteiger partial charge in [0.15, 0.2) is 11.5 Å². The fraction of sp³-hybridized carbons (Fsp3) is 0.619. The molecule has 0 spiro atoms. The first-order valence-electron chi connectivity index (χ1n) is 21.6. The highest BCUT2D eigenvalue weighted by molar-refractivity contribution is 8.00. The van der Waals surface area contributed by atoms with Crippen LogP contribution in [0.5, 0.6) is 0 Å². The minimum Gasteiger partial charge on any atom is -0.380 e. The molecule has 5 rings (SSSR count). The van der Waals surface area contributed by atoms with Gasteiger partial charge in [0.25, 0.3) is 5.91 Å². The van der Waals surface area contributed by atoms with Gasteiger partial charge >= 0.3 is 6.03 Å². The van der Waals surface area contributed by atoms with Crippen LogP contribution in [0.2, 0.25) is 0 Å². The van der Waals surface area contributed by atoms with Crippen molar-refractivity contribution in [3.63, 3.8) is 0 Å². The van der Waals surface area contributed by atoms with Crippen LogP contribution >= 0.6 is 11.8 Å². The number of unbranched alkanes of at least 4 members (excludes halogenated alkanes) is 1. The Bertz CT molecular complexity index is 1880. The molecule has 1 aromatic carbocycles. The molecule has 2 aliphatic rings. The molecule has 2 saturated heterocycles. The fourth-order valence-electron chi connectivity index (χ4n) is 7.00. The molecule has 2 aliphatic heterocycles. The van der Waals surface area contributed by atoms with E-state index < -0.39 is 5.91 Å². The summed E-state index contributed by atoms with van der Waals surface area (Å²) in [5.41, 5.74) is 9.81. The number of aryl methyl sites for hydroxylation is 2. The number of hydrogen-bond donors (Lipinski definition) is 7. The minimum absolute atomic E-state index is 0.0300. The van der Waals surface area contributed by atoms with Crippen molar-refractivity contribution >= 4 is 58.4 Å². The number of benzene rings is 1. The first kappa shape index (κ1) is 49.2. The molecule has 3 atom stereocenters. The molecule has 0 aliphatic carbocycles. The van der Waals surface area contributed by atoms with Crippen molar-refractivity contribution in [2.24, 2.45) is 5.73 Å². The molecule has 2 aromatic heterocycles. The topological polar surface area (TPSA) is 252 Å². The van der Waals surface area contributed by atoms with Gasteiger partial charge in [0.1, 0.15) is 5.69 Å². The Labute approximate surface area is 372 Å². The lowest BCUT2D eigenvalue weighted by Crippen LogP contribution is -2.36. The van der Waals surface area contributed by atoms with Gasteiger partial charge in [-0.15, -0.1) is 5.10 Å². The number of ether oxygens (including phenoxy) is 6. The van der Waals surface area contributed by atoms with Gasteiger partial charge in [-0.2, -0.15) is 11.8 Å². The normalized spacial score (nSPS) is 16.7. The van der Waals surface area contributed by atoms with E-state index in [0.29, 0.717) is 121 Å². The summed E-state index contributed by atoms with van der Waals surface area (Å²) < 4.78 is 34.5. The number of aromatic nitrogens is 3. The lowest BCUT2D eigenvalue weighted by Gasteiger charge is -2.16. The number of amides is 5. The second kappa shape index (κ2) is 27.4. The van der Waals surface area contributed by atoms with Gasteiger partial charge in [-0.1, -0.05) is 12.5 Å². The zero-order chi connectivity index (χ0) is 44.7. The molecule has 3 aromatic rings. The number of primary amides is 1. The minimum atomic E-state index is -0.649. The summed E-state index contributed by atoms with van der Waals surface area (Å²) in [6.45, 7) is 10.2. The maximum absolute atomic E-state index is 12.3. The quantitative estimate of drug-likeness (QED) is 0.0341. The third kappa shape index (κ3) is 17.7. The van der Waals surface area contributed by atoms with E-state index in [-0.39, 0.29) is 48.7 Å². The van der Waals surface area contributed by atoms with Crippen LogP contribution in [0.15, 0.2) is 30.5 Å². The number of anilines is 3. The van der Waals surface area contributed by atoms with E-state index in [2.05, 4.69) is 48.0 Å². The van der Waals surface area contributed by atoms with Crippen LogP contribution in [-0.2, 0) is 38.0 Å². The van der Waals surface area contributed by atoms with E-state index in [4.69, 9.17) is 34.2 Å². The number of nitrogens with one attached hydrogen (secondary N) is 6. The zero-order valence-corrected chi connectivity index (χ0v) is 37.2. The molecule has 348 valence electrons. The molecule has 0 bridgehead atoms. The summed E-state index contributed by atoms with van der Waals surface area (Å²) in [5.74, 6) is 0.677. The SMILES string of the molecule is Cc1cc(C)cc(Nc2cc(NCCNC(=O)CCOCCOCCOCCOCCOCCOCCNC(=O)CCCC[C@@H]3SC[C@@H]4NC(=O)N[C@@H]43)c3ncc(C(N)=O)n3n2)c1. The zero-order valence-electron chi connectivity index (χ0n) is 36.4. The number of urea groups is 1. The maximum Gasteiger partial charge on any atom is 0.315 e. The second-order valence-electron chi connectivity index (χ2n) is 15.1. The van der Waals surface area contributed by atoms with Gasteiger partial charge in [-0.3, -0.25) is 14.4 Å². The number of nitrogens with zero attached hydrogens (tertiary/aromatic N) is 3. The van der Waals surface area contributed by atoms with Crippen molar-refractivity contribution in [3.05, 3.63) is 47.3 Å². The molecule has 21 heteroatoms. The van der Waals surface area contributed by atoms with Gasteiger partial charge < -0.3 is 66.1 Å². The van der Waals surface area contributed by atoms with Crippen LogP contribution in [0.3, 0.4) is 0 Å². The molecule has 63 heavy (non-hydrogen) atoms. The van der Waals surface area contributed by atoms with Crippen LogP contribution in [0.25, 0.3) is 5.65 Å². The van der Waals surface area contributed by atoms with E-state index in [9.17, 15) is 19.2 Å². The average molecular weight is 901 g/mol. The highest BCUT2D eigenvalue weighted by Gasteiger charge is 2.42. The van der Waals surface area contributed by atoms with E-state index in [1.54, 1.807) is 6.07 Å². The van der Waals surface area contributed by atoms with E-state index in [0.717, 1.165) is 41.8 Å². The molecule has 0 unspecified atom stereocenters. The van der Waals surface area contributed by atoms with E-state index in [1.807, 2.05) is 37.7 Å². The molecule has 0 saturated carbocycles. The molecule has 20 nitrogen and oxygen atoms in total. The first-order chi connectivity index (χ1) is 30.7. The van der Waals surface area contributed by atoms with Gasteiger partial charge in [0, 0.05) is 55.2 Å². The predicted molar refractivity (Wildman–Crippen MR) is 239 cm³/mol. The van der Waals surface area contributed by atoms with Gasteiger partial charge in [0.2, 0.25) is 11.8 Å². The van der Waals surface area contributed by atoms with Crippen LogP contribution in [0, 0.1) is 13.8 Å². The predicted octanol–water partition coefficient (Wildman–Crippen LogP) is 2.05. The van der Waals surface area contributed by atoms with E-state index >= 15 is 0 Å². The van der Waals surface area contributed by atoms with Crippen molar-refractivity contribution in [1.29, 1.82) is 0 Å². The number of rotatable bonds is 33. The Morgan fingerprint density at radius 1 is 0.762 bits per heavy atom. The van der Waals surface area contributed by atoms with Crippen molar-refractivity contribution in [2.45, 2.75) is 63.3 Å². The fourth-order valence-corrected chi connectivity index (χ4v) is 8.55. The molecular weight excluding hydrogens is 837 g/mol. The van der Waals surface area contributed by atoms with Crippen LogP contribution < -0.4 is 37.6 Å². The number of carbonyl (C=O) groups is 4. The van der Waals surface area contributed by atoms with Crippen LogP contribution in [0.1, 0.15) is 53.7 Å².